The normalized spacial score (nSPS) is 27.9. The number of rotatable bonds is 3. The first-order chi connectivity index (χ1) is 9.44. The average Bonchev–Trinajstić information content (AvgIpc) is 2.82. The molecule has 2 fully saturated rings. The van der Waals surface area contributed by atoms with E-state index in [0.717, 1.165) is 25.2 Å². The van der Waals surface area contributed by atoms with Gasteiger partial charge in [-0.15, -0.1) is 13.2 Å². The quantitative estimate of drug-likeness (QED) is 0.886. The number of amides is 1. The van der Waals surface area contributed by atoms with Gasteiger partial charge in [-0.2, -0.15) is 0 Å². The van der Waals surface area contributed by atoms with Gasteiger partial charge in [0.15, 0.2) is 0 Å². The second-order valence-electron chi connectivity index (χ2n) is 5.06. The Labute approximate surface area is 113 Å². The Morgan fingerprint density at radius 1 is 1.20 bits per heavy atom. The molecule has 2 atom stereocenters. The van der Waals surface area contributed by atoms with Crippen molar-refractivity contribution in [2.24, 2.45) is 11.8 Å². The molecule has 2 aliphatic rings. The molecule has 2 unspecified atom stereocenters. The highest BCUT2D eigenvalue weighted by Crippen LogP contribution is 2.41. The number of piperidine rings is 1. The lowest BCUT2D eigenvalue weighted by atomic mass is 10.2. The van der Waals surface area contributed by atoms with Gasteiger partial charge in [0.25, 0.3) is 5.91 Å². The van der Waals surface area contributed by atoms with Gasteiger partial charge in [0.05, 0.1) is 0 Å². The third kappa shape index (κ3) is 2.72. The number of fused-ring (bicyclic) bond motifs is 1. The van der Waals surface area contributed by atoms with Crippen LogP contribution in [0.4, 0.5) is 13.2 Å². The molecule has 1 heterocycles. The Balaban J connectivity index is 1.58. The molecule has 4 nitrogen and oxygen atoms in total. The number of hydrogen-bond donors (Lipinski definition) is 2. The summed E-state index contributed by atoms with van der Waals surface area (Å²) in [6, 6.07) is 5.12. The largest absolute Gasteiger partial charge is 0.573 e. The number of hydrogen-bond acceptors (Lipinski definition) is 3. The number of carbonyl (C=O) groups is 1. The van der Waals surface area contributed by atoms with Crippen molar-refractivity contribution in [3.05, 3.63) is 29.8 Å². The lowest BCUT2D eigenvalue weighted by Gasteiger charge is -2.10. The molecule has 3 rings (SSSR count). The van der Waals surface area contributed by atoms with E-state index in [9.17, 15) is 18.0 Å². The lowest BCUT2D eigenvalue weighted by molar-refractivity contribution is -0.274. The summed E-state index contributed by atoms with van der Waals surface area (Å²) in [7, 11) is 0. The topological polar surface area (TPSA) is 50.4 Å². The van der Waals surface area contributed by atoms with Crippen LogP contribution in [-0.2, 0) is 0 Å². The minimum absolute atomic E-state index is 0.190. The van der Waals surface area contributed by atoms with E-state index in [1.165, 1.54) is 12.1 Å². The fourth-order valence-electron chi connectivity index (χ4n) is 2.68. The summed E-state index contributed by atoms with van der Waals surface area (Å²) < 4.78 is 39.8. The standard InChI is InChI=1S/C13H13F3N2O2/c14-13(15,16)20-8-3-1-7(2-4-8)12(19)18-11-9-5-17-6-10(9)11/h1-4,9-11,17H,5-6H2,(H,18,19). The van der Waals surface area contributed by atoms with E-state index in [-0.39, 0.29) is 17.7 Å². The zero-order valence-electron chi connectivity index (χ0n) is 10.4. The van der Waals surface area contributed by atoms with E-state index in [0.29, 0.717) is 17.4 Å². The third-order valence-electron chi connectivity index (χ3n) is 3.74. The fourth-order valence-corrected chi connectivity index (χ4v) is 2.68. The molecular weight excluding hydrogens is 273 g/mol. The highest BCUT2D eigenvalue weighted by Gasteiger charge is 2.53. The number of halogens is 3. The first kappa shape index (κ1) is 13.2. The van der Waals surface area contributed by atoms with Crippen LogP contribution in [0.25, 0.3) is 0 Å². The van der Waals surface area contributed by atoms with Crippen LogP contribution in [0, 0.1) is 11.8 Å². The molecule has 1 aliphatic carbocycles. The van der Waals surface area contributed by atoms with Crippen LogP contribution in [0.1, 0.15) is 10.4 Å². The molecule has 1 aliphatic heterocycles. The zero-order chi connectivity index (χ0) is 14.3. The van der Waals surface area contributed by atoms with Gasteiger partial charge < -0.3 is 15.4 Å². The molecule has 108 valence electrons. The summed E-state index contributed by atoms with van der Waals surface area (Å²) >= 11 is 0. The molecule has 2 N–H and O–H groups in total. The maximum absolute atomic E-state index is 12.0. The van der Waals surface area contributed by atoms with Gasteiger partial charge in [0.2, 0.25) is 0 Å². The van der Waals surface area contributed by atoms with E-state index in [4.69, 9.17) is 0 Å². The first-order valence-corrected chi connectivity index (χ1v) is 6.31. The molecule has 1 amide bonds. The van der Waals surface area contributed by atoms with Gasteiger partial charge in [0, 0.05) is 24.7 Å². The Morgan fingerprint density at radius 2 is 1.80 bits per heavy atom. The second-order valence-corrected chi connectivity index (χ2v) is 5.06. The van der Waals surface area contributed by atoms with Crippen LogP contribution >= 0.6 is 0 Å². The van der Waals surface area contributed by atoms with Gasteiger partial charge in [-0.1, -0.05) is 0 Å². The molecule has 1 aromatic rings. The number of ether oxygens (including phenoxy) is 1. The van der Waals surface area contributed by atoms with Crippen LogP contribution in [0.3, 0.4) is 0 Å². The molecule has 1 aromatic carbocycles. The predicted molar refractivity (Wildman–Crippen MR) is 64.2 cm³/mol. The molecule has 0 aromatic heterocycles. The Bertz CT molecular complexity index is 505. The Hall–Kier alpha value is -1.76. The minimum Gasteiger partial charge on any atom is -0.406 e. The van der Waals surface area contributed by atoms with E-state index in [1.54, 1.807) is 0 Å². The summed E-state index contributed by atoms with van der Waals surface area (Å²) in [5, 5.41) is 6.12. The van der Waals surface area contributed by atoms with Crippen molar-refractivity contribution in [1.29, 1.82) is 0 Å². The van der Waals surface area contributed by atoms with Crippen molar-refractivity contribution in [1.82, 2.24) is 10.6 Å². The summed E-state index contributed by atoms with van der Waals surface area (Å²) in [5.74, 6) is 0.392. The third-order valence-corrected chi connectivity index (χ3v) is 3.74. The summed E-state index contributed by atoms with van der Waals surface area (Å²) in [6.07, 6.45) is -4.72. The first-order valence-electron chi connectivity index (χ1n) is 6.31. The van der Waals surface area contributed by atoms with E-state index >= 15 is 0 Å². The van der Waals surface area contributed by atoms with E-state index in [2.05, 4.69) is 15.4 Å². The van der Waals surface area contributed by atoms with Crippen LogP contribution in [0.2, 0.25) is 0 Å². The van der Waals surface area contributed by atoms with Gasteiger partial charge in [0.1, 0.15) is 5.75 Å². The fraction of sp³-hybridized carbons (Fsp3) is 0.462. The van der Waals surface area contributed by atoms with Gasteiger partial charge in [-0.3, -0.25) is 4.79 Å². The molecule has 1 saturated carbocycles. The summed E-state index contributed by atoms with van der Waals surface area (Å²) in [6.45, 7) is 1.82. The lowest BCUT2D eigenvalue weighted by Crippen LogP contribution is -2.32. The van der Waals surface area contributed by atoms with E-state index < -0.39 is 6.36 Å². The summed E-state index contributed by atoms with van der Waals surface area (Å²) in [4.78, 5) is 11.9. The van der Waals surface area contributed by atoms with Gasteiger partial charge in [-0.05, 0) is 36.1 Å². The van der Waals surface area contributed by atoms with Crippen molar-refractivity contribution in [2.45, 2.75) is 12.4 Å². The van der Waals surface area contributed by atoms with Crippen molar-refractivity contribution in [2.75, 3.05) is 13.1 Å². The molecule has 0 bridgehead atoms. The molecule has 0 radical (unpaired) electrons. The highest BCUT2D eigenvalue weighted by atomic mass is 19.4. The van der Waals surface area contributed by atoms with Crippen LogP contribution < -0.4 is 15.4 Å². The summed E-state index contributed by atoms with van der Waals surface area (Å²) in [5.41, 5.74) is 0.331. The highest BCUT2D eigenvalue weighted by molar-refractivity contribution is 5.94. The van der Waals surface area contributed by atoms with E-state index in [1.807, 2.05) is 0 Å². The molecule has 20 heavy (non-hydrogen) atoms. The van der Waals surface area contributed by atoms with Crippen molar-refractivity contribution in [3.63, 3.8) is 0 Å². The molecule has 0 spiro atoms. The van der Waals surface area contributed by atoms with Crippen molar-refractivity contribution < 1.29 is 22.7 Å². The number of carbonyl (C=O) groups excluding carboxylic acids is 1. The van der Waals surface area contributed by atoms with Crippen LogP contribution in [0.15, 0.2) is 24.3 Å². The van der Waals surface area contributed by atoms with Crippen LogP contribution in [0.5, 0.6) is 5.75 Å². The zero-order valence-corrected chi connectivity index (χ0v) is 10.4. The molecular formula is C13H13F3N2O2. The Kier molecular flexibility index (Phi) is 3.08. The van der Waals surface area contributed by atoms with Crippen LogP contribution in [-0.4, -0.2) is 31.4 Å². The smallest absolute Gasteiger partial charge is 0.406 e. The molecule has 1 saturated heterocycles. The van der Waals surface area contributed by atoms with Gasteiger partial charge in [-0.25, -0.2) is 0 Å². The maximum atomic E-state index is 12.0. The number of benzene rings is 1. The average molecular weight is 286 g/mol. The van der Waals surface area contributed by atoms with Crippen molar-refractivity contribution >= 4 is 5.91 Å². The Morgan fingerprint density at radius 3 is 2.35 bits per heavy atom. The molecule has 7 heteroatoms. The number of nitrogens with one attached hydrogen (secondary N) is 2. The van der Waals surface area contributed by atoms with Crippen molar-refractivity contribution in [3.8, 4) is 5.75 Å². The predicted octanol–water partition coefficient (Wildman–Crippen LogP) is 1.53. The monoisotopic (exact) mass is 286 g/mol. The maximum Gasteiger partial charge on any atom is 0.573 e. The number of alkyl halides is 3. The van der Waals surface area contributed by atoms with Gasteiger partial charge >= 0.3 is 6.36 Å². The minimum atomic E-state index is -4.72. The SMILES string of the molecule is O=C(NC1C2CNCC21)c1ccc(OC(F)(F)F)cc1. The second kappa shape index (κ2) is 4.66.